The molecule has 2 aromatic heterocycles. The third-order valence-corrected chi connectivity index (χ3v) is 8.55. The van der Waals surface area contributed by atoms with E-state index in [9.17, 15) is 4.79 Å². The van der Waals surface area contributed by atoms with Gasteiger partial charge in [-0.2, -0.15) is 0 Å². The first-order chi connectivity index (χ1) is 18.2. The average molecular weight is 558 g/mol. The number of hydrogen-bond acceptors (Lipinski definition) is 7. The van der Waals surface area contributed by atoms with Crippen molar-refractivity contribution < 1.29 is 23.7 Å². The van der Waals surface area contributed by atoms with Gasteiger partial charge in [0.15, 0.2) is 6.29 Å². The lowest BCUT2D eigenvalue weighted by Crippen LogP contribution is -2.36. The zero-order valence-corrected chi connectivity index (χ0v) is 24.7. The number of hydrogen-bond donors (Lipinski definition) is 0. The van der Waals surface area contributed by atoms with Crippen LogP contribution < -0.4 is 4.74 Å². The van der Waals surface area contributed by atoms with E-state index < -0.39 is 5.60 Å². The van der Waals surface area contributed by atoms with Gasteiger partial charge in [0.25, 0.3) is 0 Å². The molecule has 1 aliphatic heterocycles. The molecular weight excluding hydrogens is 518 g/mol. The van der Waals surface area contributed by atoms with Gasteiger partial charge in [0.05, 0.1) is 13.2 Å². The van der Waals surface area contributed by atoms with Gasteiger partial charge in [-0.3, -0.25) is 0 Å². The number of likely N-dealkylation sites (N-methyl/N-ethyl adjacent to an activating group) is 1. The minimum Gasteiger partial charge on any atom is -0.492 e. The number of rotatable bonds is 10. The third kappa shape index (κ3) is 8.30. The number of amides is 1. The van der Waals surface area contributed by atoms with Gasteiger partial charge in [-0.15, -0.1) is 22.7 Å². The zero-order chi connectivity index (χ0) is 27.1. The second-order valence-corrected chi connectivity index (χ2v) is 12.9. The van der Waals surface area contributed by atoms with E-state index in [0.29, 0.717) is 19.8 Å². The molecule has 1 aromatic carbocycles. The fraction of sp³-hybridized carbons (Fsp3) is 0.500. The number of aryl methyl sites for hydroxylation is 1. The van der Waals surface area contributed by atoms with E-state index in [4.69, 9.17) is 18.9 Å². The highest BCUT2D eigenvalue weighted by Gasteiger charge is 2.20. The van der Waals surface area contributed by atoms with Crippen molar-refractivity contribution in [3.8, 4) is 25.9 Å². The van der Waals surface area contributed by atoms with E-state index in [1.807, 2.05) is 55.6 Å². The Morgan fingerprint density at radius 2 is 1.84 bits per heavy atom. The Morgan fingerprint density at radius 3 is 2.50 bits per heavy atom. The van der Waals surface area contributed by atoms with E-state index in [1.165, 1.54) is 36.4 Å². The molecule has 3 aromatic rings. The van der Waals surface area contributed by atoms with E-state index in [1.54, 1.807) is 7.05 Å². The molecule has 3 heterocycles. The van der Waals surface area contributed by atoms with Crippen LogP contribution in [0.1, 0.15) is 50.5 Å². The Kier molecular flexibility index (Phi) is 9.87. The van der Waals surface area contributed by atoms with Crippen LogP contribution in [-0.2, 0) is 20.6 Å². The Labute approximate surface area is 234 Å². The molecule has 0 spiro atoms. The van der Waals surface area contributed by atoms with Gasteiger partial charge in [0, 0.05) is 33.2 Å². The first-order valence-electron chi connectivity index (χ1n) is 13.3. The highest BCUT2D eigenvalue weighted by atomic mass is 32.1. The fourth-order valence-electron chi connectivity index (χ4n) is 4.12. The molecule has 0 saturated carbocycles. The monoisotopic (exact) mass is 557 g/mol. The zero-order valence-electron chi connectivity index (χ0n) is 23.1. The van der Waals surface area contributed by atoms with Crippen molar-refractivity contribution in [3.05, 3.63) is 52.9 Å². The molecule has 1 aliphatic rings. The summed E-state index contributed by atoms with van der Waals surface area (Å²) in [5, 5.41) is 0. The molecule has 6 nitrogen and oxygen atoms in total. The number of benzene rings is 1. The van der Waals surface area contributed by atoms with Crippen LogP contribution in [-0.4, -0.2) is 56.3 Å². The number of carbonyl (C=O) groups excluding carboxylic acids is 1. The lowest BCUT2D eigenvalue weighted by molar-refractivity contribution is -0.161. The maximum atomic E-state index is 12.1. The summed E-state index contributed by atoms with van der Waals surface area (Å²) in [5.41, 5.74) is 1.94. The first-order valence-corrected chi connectivity index (χ1v) is 14.9. The van der Waals surface area contributed by atoms with Crippen molar-refractivity contribution >= 4 is 28.8 Å². The van der Waals surface area contributed by atoms with Crippen LogP contribution in [0.15, 0.2) is 42.5 Å². The molecule has 1 atom stereocenters. The third-order valence-electron chi connectivity index (χ3n) is 6.12. The number of carbonyl (C=O) groups is 1. The molecule has 4 rings (SSSR count). The summed E-state index contributed by atoms with van der Waals surface area (Å²) in [7, 11) is 1.72. The highest BCUT2D eigenvalue weighted by Crippen LogP contribution is 2.41. The molecule has 0 radical (unpaired) electrons. The van der Waals surface area contributed by atoms with Crippen LogP contribution in [0.5, 0.6) is 5.75 Å². The summed E-state index contributed by atoms with van der Waals surface area (Å²) in [5.74, 6) is 0.774. The summed E-state index contributed by atoms with van der Waals surface area (Å²) < 4.78 is 23.1. The van der Waals surface area contributed by atoms with Crippen LogP contribution in [0.2, 0.25) is 0 Å². The maximum Gasteiger partial charge on any atom is 0.410 e. The summed E-state index contributed by atoms with van der Waals surface area (Å²) in [6.45, 7) is 9.99. The largest absolute Gasteiger partial charge is 0.492 e. The molecule has 1 unspecified atom stereocenters. The Hall–Kier alpha value is -2.39. The molecule has 1 saturated heterocycles. The molecule has 38 heavy (non-hydrogen) atoms. The van der Waals surface area contributed by atoms with Gasteiger partial charge in [0.1, 0.15) is 18.0 Å². The van der Waals surface area contributed by atoms with Gasteiger partial charge < -0.3 is 23.8 Å². The molecule has 8 heteroatoms. The van der Waals surface area contributed by atoms with E-state index in [0.717, 1.165) is 37.2 Å². The number of ether oxygens (including phenoxy) is 4. The van der Waals surface area contributed by atoms with Crippen molar-refractivity contribution in [1.82, 2.24) is 4.90 Å². The smallest absolute Gasteiger partial charge is 0.410 e. The highest BCUT2D eigenvalue weighted by molar-refractivity contribution is 7.24. The average Bonchev–Trinajstić information content (AvgIpc) is 3.50. The van der Waals surface area contributed by atoms with Gasteiger partial charge in [-0.05, 0) is 107 Å². The quantitative estimate of drug-likeness (QED) is 0.255. The molecule has 1 fully saturated rings. The van der Waals surface area contributed by atoms with E-state index in [-0.39, 0.29) is 12.4 Å². The topological polar surface area (TPSA) is 57.2 Å². The summed E-state index contributed by atoms with van der Waals surface area (Å²) >= 11 is 3.65. The summed E-state index contributed by atoms with van der Waals surface area (Å²) in [4.78, 5) is 18.8. The molecule has 0 N–H and O–H groups in total. The van der Waals surface area contributed by atoms with Crippen molar-refractivity contribution in [3.63, 3.8) is 0 Å². The fourth-order valence-corrected chi connectivity index (χ4v) is 6.29. The van der Waals surface area contributed by atoms with Gasteiger partial charge in [-0.25, -0.2) is 4.79 Å². The summed E-state index contributed by atoms with van der Waals surface area (Å²) in [6, 6.07) is 14.9. The molecule has 0 bridgehead atoms. The predicted octanol–water partition coefficient (Wildman–Crippen LogP) is 7.78. The molecular formula is C30H39NO5S2. The van der Waals surface area contributed by atoms with Crippen LogP contribution in [0.3, 0.4) is 0 Å². The van der Waals surface area contributed by atoms with Crippen molar-refractivity contribution in [2.75, 3.05) is 33.4 Å². The lowest BCUT2D eigenvalue weighted by Gasteiger charge is -2.24. The standard InChI is InChI=1S/C30H39NO5S2/c1-21-9-14-25(37-21)26-20-23(15-18-35-27-8-6-7-17-34-27)28(38-26)22-10-12-24(13-11-22)33-19-16-31(5)29(32)36-30(2,3)4/h9-14,20,27H,6-8,15-19H2,1-5H3. The summed E-state index contributed by atoms with van der Waals surface area (Å²) in [6.07, 6.45) is 3.69. The predicted molar refractivity (Wildman–Crippen MR) is 155 cm³/mol. The lowest BCUT2D eigenvalue weighted by atomic mass is 10.1. The molecule has 0 aliphatic carbocycles. The maximum absolute atomic E-state index is 12.1. The molecule has 206 valence electrons. The van der Waals surface area contributed by atoms with Crippen LogP contribution >= 0.6 is 22.7 Å². The Morgan fingerprint density at radius 1 is 1.05 bits per heavy atom. The van der Waals surface area contributed by atoms with Crippen LogP contribution in [0, 0.1) is 6.92 Å². The number of nitrogens with zero attached hydrogens (tertiary/aromatic N) is 1. The van der Waals surface area contributed by atoms with Crippen LogP contribution in [0.25, 0.3) is 20.2 Å². The minimum atomic E-state index is -0.513. The van der Waals surface area contributed by atoms with Crippen molar-refractivity contribution in [2.45, 2.75) is 65.3 Å². The first kappa shape index (κ1) is 28.6. The van der Waals surface area contributed by atoms with Crippen molar-refractivity contribution in [2.24, 2.45) is 0 Å². The minimum absolute atomic E-state index is 0.0731. The van der Waals surface area contributed by atoms with Gasteiger partial charge in [0.2, 0.25) is 0 Å². The van der Waals surface area contributed by atoms with Crippen molar-refractivity contribution in [1.29, 1.82) is 0 Å². The molecule has 1 amide bonds. The SMILES string of the molecule is Cc1ccc(-c2cc(CCOC3CCCCO3)c(-c3ccc(OCCN(C)C(=O)OC(C)(C)C)cc3)s2)s1. The van der Waals surface area contributed by atoms with E-state index >= 15 is 0 Å². The van der Waals surface area contributed by atoms with Gasteiger partial charge in [-0.1, -0.05) is 0 Å². The Bertz CT molecular complexity index is 1170. The Balaban J connectivity index is 1.39. The van der Waals surface area contributed by atoms with E-state index in [2.05, 4.69) is 37.3 Å². The second kappa shape index (κ2) is 13.1. The van der Waals surface area contributed by atoms with Gasteiger partial charge >= 0.3 is 6.09 Å². The number of thiophene rings is 2. The normalized spacial score (nSPS) is 15.9. The van der Waals surface area contributed by atoms with Crippen LogP contribution in [0.4, 0.5) is 4.79 Å². The second-order valence-electron chi connectivity index (χ2n) is 10.6.